The summed E-state index contributed by atoms with van der Waals surface area (Å²) in [7, 11) is -3.73. The minimum Gasteiger partial charge on any atom is -0.311 e. The van der Waals surface area contributed by atoms with Crippen LogP contribution in [-0.2, 0) is 14.8 Å². The van der Waals surface area contributed by atoms with E-state index in [4.69, 9.17) is 0 Å². The number of thiazole rings is 1. The molecule has 2 aliphatic rings. The maximum Gasteiger partial charge on any atom is 0.263 e. The highest BCUT2D eigenvalue weighted by atomic mass is 32.2. The van der Waals surface area contributed by atoms with Gasteiger partial charge in [0.25, 0.3) is 10.0 Å². The van der Waals surface area contributed by atoms with Crippen molar-refractivity contribution in [2.24, 2.45) is 0 Å². The Balaban J connectivity index is 1.24. The van der Waals surface area contributed by atoms with Gasteiger partial charge in [-0.3, -0.25) is 14.4 Å². The van der Waals surface area contributed by atoms with Gasteiger partial charge in [-0.25, -0.2) is 17.8 Å². The Kier molecular flexibility index (Phi) is 5.90. The Morgan fingerprint density at radius 3 is 2.48 bits per heavy atom. The number of benzene rings is 2. The summed E-state index contributed by atoms with van der Waals surface area (Å²) in [5, 5.41) is 2.00. The average molecular weight is 487 g/mol. The Labute approximate surface area is 195 Å². The second-order valence-corrected chi connectivity index (χ2v) is 10.8. The van der Waals surface area contributed by atoms with Crippen LogP contribution in [0.2, 0.25) is 0 Å². The predicted molar refractivity (Wildman–Crippen MR) is 125 cm³/mol. The molecule has 172 valence electrons. The first-order chi connectivity index (χ1) is 15.9. The van der Waals surface area contributed by atoms with Crippen molar-refractivity contribution in [3.8, 4) is 0 Å². The molecular weight excluding hydrogens is 463 g/mol. The number of carbonyl (C=O) groups is 1. The normalized spacial score (nSPS) is 21.6. The maximum atomic E-state index is 13.2. The van der Waals surface area contributed by atoms with Crippen LogP contribution in [0.25, 0.3) is 0 Å². The molecule has 5 rings (SSSR count). The molecule has 1 unspecified atom stereocenters. The van der Waals surface area contributed by atoms with Gasteiger partial charge >= 0.3 is 0 Å². The van der Waals surface area contributed by atoms with Gasteiger partial charge in [0.2, 0.25) is 5.91 Å². The summed E-state index contributed by atoms with van der Waals surface area (Å²) in [4.78, 5) is 21.2. The molecule has 7 nitrogen and oxygen atoms in total. The molecule has 0 bridgehead atoms. The van der Waals surface area contributed by atoms with E-state index in [1.807, 2.05) is 12.1 Å². The summed E-state index contributed by atoms with van der Waals surface area (Å²) in [6.07, 6.45) is 3.19. The number of nitrogens with zero attached hydrogens (tertiary/aromatic N) is 3. The lowest BCUT2D eigenvalue weighted by molar-refractivity contribution is -0.121. The molecule has 1 aromatic heterocycles. The Morgan fingerprint density at radius 1 is 1.03 bits per heavy atom. The van der Waals surface area contributed by atoms with Crippen molar-refractivity contribution in [2.75, 3.05) is 29.3 Å². The zero-order chi connectivity index (χ0) is 23.0. The van der Waals surface area contributed by atoms with Crippen molar-refractivity contribution >= 4 is 38.1 Å². The van der Waals surface area contributed by atoms with Crippen LogP contribution in [-0.4, -0.2) is 49.9 Å². The van der Waals surface area contributed by atoms with E-state index in [0.717, 1.165) is 31.5 Å². The molecule has 1 N–H and O–H groups in total. The first-order valence-electron chi connectivity index (χ1n) is 10.7. The van der Waals surface area contributed by atoms with Gasteiger partial charge in [0.1, 0.15) is 5.82 Å². The number of hydrogen-bond donors (Lipinski definition) is 1. The topological polar surface area (TPSA) is 82.6 Å². The predicted octanol–water partition coefficient (Wildman–Crippen LogP) is 3.68. The SMILES string of the molecule is O=C1[C@@H](N2CCC(c3ccc(F)cc3)C2)CCN1c1ccc(S(=O)(=O)Nc2nccs2)cc1. The largest absolute Gasteiger partial charge is 0.311 e. The number of carbonyl (C=O) groups excluding carboxylic acids is 1. The van der Waals surface area contributed by atoms with Gasteiger partial charge in [-0.05, 0) is 67.3 Å². The third-order valence-electron chi connectivity index (χ3n) is 6.29. The minimum absolute atomic E-state index is 0.0336. The molecule has 33 heavy (non-hydrogen) atoms. The molecule has 3 heterocycles. The molecule has 2 aromatic carbocycles. The number of aromatic nitrogens is 1. The summed E-state index contributed by atoms with van der Waals surface area (Å²) >= 11 is 1.20. The number of anilines is 2. The van der Waals surface area contributed by atoms with Crippen LogP contribution in [0.4, 0.5) is 15.2 Å². The Bertz CT molecular complexity index is 1230. The van der Waals surface area contributed by atoms with Crippen molar-refractivity contribution in [1.82, 2.24) is 9.88 Å². The standard InChI is InChI=1S/C23H23FN4O3S2/c24-18-3-1-16(2-4-18)17-9-12-27(15-17)21-10-13-28(22(21)29)19-5-7-20(8-6-19)33(30,31)26-23-25-11-14-32-23/h1-8,11,14,17,21H,9-10,12-13,15H2,(H,25,26)/t17?,21-/m0/s1. The number of nitrogens with one attached hydrogen (secondary N) is 1. The number of rotatable bonds is 6. The van der Waals surface area contributed by atoms with Crippen LogP contribution in [0.5, 0.6) is 0 Å². The van der Waals surface area contributed by atoms with Gasteiger partial charge in [-0.15, -0.1) is 11.3 Å². The summed E-state index contributed by atoms with van der Waals surface area (Å²) in [6, 6.07) is 12.8. The third-order valence-corrected chi connectivity index (χ3v) is 8.46. The van der Waals surface area contributed by atoms with E-state index in [9.17, 15) is 17.6 Å². The van der Waals surface area contributed by atoms with E-state index in [2.05, 4.69) is 14.6 Å². The zero-order valence-electron chi connectivity index (χ0n) is 17.7. The van der Waals surface area contributed by atoms with E-state index in [1.54, 1.807) is 22.4 Å². The first-order valence-corrected chi connectivity index (χ1v) is 13.1. The van der Waals surface area contributed by atoms with Crippen molar-refractivity contribution in [3.05, 3.63) is 71.5 Å². The van der Waals surface area contributed by atoms with Crippen LogP contribution in [0, 0.1) is 5.82 Å². The lowest BCUT2D eigenvalue weighted by atomic mass is 9.98. The quantitative estimate of drug-likeness (QED) is 0.575. The average Bonchev–Trinajstić information content (AvgIpc) is 3.56. The zero-order valence-corrected chi connectivity index (χ0v) is 19.4. The highest BCUT2D eigenvalue weighted by Crippen LogP contribution is 2.33. The van der Waals surface area contributed by atoms with Crippen molar-refractivity contribution in [1.29, 1.82) is 0 Å². The number of likely N-dealkylation sites (tertiary alicyclic amines) is 1. The molecule has 0 radical (unpaired) electrons. The molecule has 2 aliphatic heterocycles. The number of sulfonamides is 1. The van der Waals surface area contributed by atoms with Crippen LogP contribution in [0.1, 0.15) is 24.3 Å². The fourth-order valence-electron chi connectivity index (χ4n) is 4.59. The number of halogens is 1. The smallest absolute Gasteiger partial charge is 0.263 e. The van der Waals surface area contributed by atoms with Gasteiger partial charge in [-0.1, -0.05) is 12.1 Å². The summed E-state index contributed by atoms with van der Waals surface area (Å²) < 4.78 is 40.7. The molecule has 2 fully saturated rings. The molecule has 2 atom stereocenters. The van der Waals surface area contributed by atoms with Crippen LogP contribution >= 0.6 is 11.3 Å². The molecular formula is C23H23FN4O3S2. The van der Waals surface area contributed by atoms with Crippen molar-refractivity contribution in [2.45, 2.75) is 29.7 Å². The second kappa shape index (κ2) is 8.85. The Hall–Kier alpha value is -2.82. The first kappa shape index (κ1) is 22.0. The summed E-state index contributed by atoms with van der Waals surface area (Å²) in [6.45, 7) is 2.19. The highest BCUT2D eigenvalue weighted by Gasteiger charge is 2.39. The molecule has 2 saturated heterocycles. The number of amides is 1. The second-order valence-electron chi connectivity index (χ2n) is 8.26. The molecule has 0 saturated carbocycles. The van der Waals surface area contributed by atoms with E-state index in [1.165, 1.54) is 41.8 Å². The van der Waals surface area contributed by atoms with Gasteiger partial charge in [0.15, 0.2) is 5.13 Å². The number of hydrogen-bond acceptors (Lipinski definition) is 6. The highest BCUT2D eigenvalue weighted by molar-refractivity contribution is 7.93. The minimum atomic E-state index is -3.73. The van der Waals surface area contributed by atoms with E-state index in [-0.39, 0.29) is 22.7 Å². The van der Waals surface area contributed by atoms with Crippen LogP contribution in [0.15, 0.2) is 65.0 Å². The van der Waals surface area contributed by atoms with E-state index in [0.29, 0.717) is 23.3 Å². The monoisotopic (exact) mass is 486 g/mol. The van der Waals surface area contributed by atoms with E-state index >= 15 is 0 Å². The van der Waals surface area contributed by atoms with Gasteiger partial charge in [0, 0.05) is 30.4 Å². The van der Waals surface area contributed by atoms with Crippen LogP contribution in [0.3, 0.4) is 0 Å². The van der Waals surface area contributed by atoms with Gasteiger partial charge in [0.05, 0.1) is 10.9 Å². The van der Waals surface area contributed by atoms with E-state index < -0.39 is 10.0 Å². The van der Waals surface area contributed by atoms with Crippen LogP contribution < -0.4 is 9.62 Å². The van der Waals surface area contributed by atoms with Gasteiger partial charge in [-0.2, -0.15) is 0 Å². The van der Waals surface area contributed by atoms with Gasteiger partial charge < -0.3 is 4.90 Å². The molecule has 10 heteroatoms. The third kappa shape index (κ3) is 4.50. The maximum absolute atomic E-state index is 13.2. The summed E-state index contributed by atoms with van der Waals surface area (Å²) in [5.41, 5.74) is 1.79. The molecule has 1 amide bonds. The fraction of sp³-hybridized carbons (Fsp3) is 0.304. The Morgan fingerprint density at radius 2 is 1.79 bits per heavy atom. The lowest BCUT2D eigenvalue weighted by Crippen LogP contribution is -2.40. The molecule has 0 spiro atoms. The molecule has 0 aliphatic carbocycles. The fourth-order valence-corrected chi connectivity index (χ4v) is 6.38. The summed E-state index contributed by atoms with van der Waals surface area (Å²) in [5.74, 6) is 0.0848. The lowest BCUT2D eigenvalue weighted by Gasteiger charge is -2.23. The molecule has 3 aromatic rings. The van der Waals surface area contributed by atoms with Crippen molar-refractivity contribution in [3.63, 3.8) is 0 Å². The van der Waals surface area contributed by atoms with Crippen molar-refractivity contribution < 1.29 is 17.6 Å².